The molecule has 1 saturated heterocycles. The molecule has 1 aliphatic rings. The Labute approximate surface area is 118 Å². The molecule has 3 rings (SSSR count). The standard InChI is InChI=1S/C15H18ClN3/c16-11-4-5-13-14(9-11)18-7-6-15(13)19-8-2-1-3-12(17)10-19/h4-7,9,12H,1-3,8,10,17H2/t12-/m0/s1. The van der Waals surface area contributed by atoms with E-state index in [0.717, 1.165) is 35.4 Å². The quantitative estimate of drug-likeness (QED) is 0.869. The topological polar surface area (TPSA) is 42.1 Å². The molecule has 2 aromatic rings. The summed E-state index contributed by atoms with van der Waals surface area (Å²) in [6.45, 7) is 1.98. The summed E-state index contributed by atoms with van der Waals surface area (Å²) in [6, 6.07) is 8.23. The van der Waals surface area contributed by atoms with Gasteiger partial charge < -0.3 is 10.6 Å². The van der Waals surface area contributed by atoms with Gasteiger partial charge in [-0.3, -0.25) is 4.98 Å². The number of fused-ring (bicyclic) bond motifs is 1. The van der Waals surface area contributed by atoms with Crippen molar-refractivity contribution in [3.05, 3.63) is 35.5 Å². The molecule has 0 radical (unpaired) electrons. The highest BCUT2D eigenvalue weighted by molar-refractivity contribution is 6.31. The van der Waals surface area contributed by atoms with Crippen molar-refractivity contribution in [3.8, 4) is 0 Å². The number of benzene rings is 1. The third kappa shape index (κ3) is 2.67. The summed E-state index contributed by atoms with van der Waals surface area (Å²) >= 11 is 6.03. The van der Waals surface area contributed by atoms with Gasteiger partial charge in [0, 0.05) is 41.4 Å². The predicted octanol–water partition coefficient (Wildman–Crippen LogP) is 3.21. The highest BCUT2D eigenvalue weighted by atomic mass is 35.5. The van der Waals surface area contributed by atoms with E-state index in [1.807, 2.05) is 18.3 Å². The Morgan fingerprint density at radius 1 is 1.26 bits per heavy atom. The van der Waals surface area contributed by atoms with Crippen LogP contribution in [0.1, 0.15) is 19.3 Å². The second kappa shape index (κ2) is 5.35. The summed E-state index contributed by atoms with van der Waals surface area (Å²) in [4.78, 5) is 6.78. The van der Waals surface area contributed by atoms with Gasteiger partial charge in [0.1, 0.15) is 0 Å². The lowest BCUT2D eigenvalue weighted by molar-refractivity contribution is 0.621. The molecule has 0 unspecified atom stereocenters. The molecule has 1 atom stereocenters. The molecular formula is C15H18ClN3. The van der Waals surface area contributed by atoms with Gasteiger partial charge in [0.25, 0.3) is 0 Å². The van der Waals surface area contributed by atoms with E-state index in [0.29, 0.717) is 0 Å². The first-order valence-corrected chi connectivity index (χ1v) is 7.16. The summed E-state index contributed by atoms with van der Waals surface area (Å²) < 4.78 is 0. The van der Waals surface area contributed by atoms with E-state index in [1.165, 1.54) is 18.5 Å². The van der Waals surface area contributed by atoms with E-state index < -0.39 is 0 Å². The smallest absolute Gasteiger partial charge is 0.0737 e. The van der Waals surface area contributed by atoms with Crippen LogP contribution in [0.3, 0.4) is 0 Å². The lowest BCUT2D eigenvalue weighted by atomic mass is 10.1. The van der Waals surface area contributed by atoms with E-state index in [-0.39, 0.29) is 6.04 Å². The van der Waals surface area contributed by atoms with Crippen LogP contribution in [-0.4, -0.2) is 24.1 Å². The van der Waals surface area contributed by atoms with Crippen molar-refractivity contribution in [3.63, 3.8) is 0 Å². The highest BCUT2D eigenvalue weighted by Gasteiger charge is 2.17. The number of hydrogen-bond acceptors (Lipinski definition) is 3. The van der Waals surface area contributed by atoms with Gasteiger partial charge in [-0.2, -0.15) is 0 Å². The Morgan fingerprint density at radius 3 is 3.05 bits per heavy atom. The molecule has 2 N–H and O–H groups in total. The van der Waals surface area contributed by atoms with Gasteiger partial charge >= 0.3 is 0 Å². The van der Waals surface area contributed by atoms with Gasteiger partial charge in [-0.25, -0.2) is 0 Å². The Hall–Kier alpha value is -1.32. The minimum absolute atomic E-state index is 0.262. The summed E-state index contributed by atoms with van der Waals surface area (Å²) in [6.07, 6.45) is 5.38. The number of aromatic nitrogens is 1. The Kier molecular flexibility index (Phi) is 3.58. The van der Waals surface area contributed by atoms with Crippen LogP contribution in [0.4, 0.5) is 5.69 Å². The van der Waals surface area contributed by atoms with E-state index in [4.69, 9.17) is 17.3 Å². The molecule has 1 aromatic heterocycles. The van der Waals surface area contributed by atoms with Crippen LogP contribution in [0.25, 0.3) is 10.9 Å². The molecule has 0 aliphatic carbocycles. The van der Waals surface area contributed by atoms with Crippen molar-refractivity contribution < 1.29 is 0 Å². The Balaban J connectivity index is 2.03. The molecule has 1 fully saturated rings. The predicted molar refractivity (Wildman–Crippen MR) is 80.8 cm³/mol. The van der Waals surface area contributed by atoms with Crippen molar-refractivity contribution in [1.82, 2.24) is 4.98 Å². The first-order valence-electron chi connectivity index (χ1n) is 6.79. The molecule has 0 spiro atoms. The first-order chi connectivity index (χ1) is 9.24. The maximum absolute atomic E-state index is 6.15. The van der Waals surface area contributed by atoms with E-state index >= 15 is 0 Å². The second-order valence-electron chi connectivity index (χ2n) is 5.19. The SMILES string of the molecule is N[C@H]1CCCCN(c2ccnc3cc(Cl)ccc23)C1. The van der Waals surface area contributed by atoms with Crippen LogP contribution in [0, 0.1) is 0 Å². The Bertz CT molecular complexity index is 585. The van der Waals surface area contributed by atoms with Crippen molar-refractivity contribution >= 4 is 28.2 Å². The van der Waals surface area contributed by atoms with E-state index in [9.17, 15) is 0 Å². The molecule has 1 aliphatic heterocycles. The van der Waals surface area contributed by atoms with Gasteiger partial charge in [0.05, 0.1) is 5.52 Å². The average Bonchev–Trinajstić information content (AvgIpc) is 2.62. The zero-order chi connectivity index (χ0) is 13.2. The minimum atomic E-state index is 0.262. The van der Waals surface area contributed by atoms with Gasteiger partial charge in [-0.15, -0.1) is 0 Å². The van der Waals surface area contributed by atoms with Crippen LogP contribution in [0.2, 0.25) is 5.02 Å². The molecule has 19 heavy (non-hydrogen) atoms. The van der Waals surface area contributed by atoms with Gasteiger partial charge in [0.2, 0.25) is 0 Å². The fourth-order valence-corrected chi connectivity index (χ4v) is 2.94. The molecule has 4 heteroatoms. The van der Waals surface area contributed by atoms with Gasteiger partial charge in [0.15, 0.2) is 0 Å². The fraction of sp³-hybridized carbons (Fsp3) is 0.400. The summed E-state index contributed by atoms with van der Waals surface area (Å²) in [5.41, 5.74) is 8.32. The molecule has 100 valence electrons. The zero-order valence-electron chi connectivity index (χ0n) is 10.8. The monoisotopic (exact) mass is 275 g/mol. The third-order valence-corrected chi connectivity index (χ3v) is 3.97. The van der Waals surface area contributed by atoms with Crippen LogP contribution < -0.4 is 10.6 Å². The minimum Gasteiger partial charge on any atom is -0.369 e. The Morgan fingerprint density at radius 2 is 2.16 bits per heavy atom. The lowest BCUT2D eigenvalue weighted by Gasteiger charge is -2.26. The molecule has 0 amide bonds. The van der Waals surface area contributed by atoms with Crippen molar-refractivity contribution in [2.24, 2.45) is 5.73 Å². The largest absolute Gasteiger partial charge is 0.369 e. The van der Waals surface area contributed by atoms with E-state index in [2.05, 4.69) is 22.0 Å². The molecule has 0 bridgehead atoms. The van der Waals surface area contributed by atoms with E-state index in [1.54, 1.807) is 0 Å². The molecule has 0 saturated carbocycles. The number of pyridine rings is 1. The van der Waals surface area contributed by atoms with Crippen LogP contribution in [-0.2, 0) is 0 Å². The number of hydrogen-bond donors (Lipinski definition) is 1. The summed E-state index contributed by atoms with van der Waals surface area (Å²) in [7, 11) is 0. The number of nitrogens with zero attached hydrogens (tertiary/aromatic N) is 2. The van der Waals surface area contributed by atoms with Crippen molar-refractivity contribution in [2.75, 3.05) is 18.0 Å². The van der Waals surface area contributed by atoms with Crippen LogP contribution >= 0.6 is 11.6 Å². The summed E-state index contributed by atoms with van der Waals surface area (Å²) in [5.74, 6) is 0. The number of halogens is 1. The van der Waals surface area contributed by atoms with Gasteiger partial charge in [-0.1, -0.05) is 18.0 Å². The number of rotatable bonds is 1. The average molecular weight is 276 g/mol. The lowest BCUT2D eigenvalue weighted by Crippen LogP contribution is -2.35. The third-order valence-electron chi connectivity index (χ3n) is 3.73. The number of anilines is 1. The maximum atomic E-state index is 6.15. The van der Waals surface area contributed by atoms with Crippen LogP contribution in [0.15, 0.2) is 30.5 Å². The fourth-order valence-electron chi connectivity index (χ4n) is 2.78. The highest BCUT2D eigenvalue weighted by Crippen LogP contribution is 2.28. The second-order valence-corrected chi connectivity index (χ2v) is 5.63. The van der Waals surface area contributed by atoms with Crippen molar-refractivity contribution in [2.45, 2.75) is 25.3 Å². The maximum Gasteiger partial charge on any atom is 0.0737 e. The molecular weight excluding hydrogens is 258 g/mol. The summed E-state index contributed by atoms with van der Waals surface area (Å²) in [5, 5.41) is 1.88. The number of nitrogens with two attached hydrogens (primary N) is 1. The van der Waals surface area contributed by atoms with Crippen LogP contribution in [0.5, 0.6) is 0 Å². The van der Waals surface area contributed by atoms with Crippen molar-refractivity contribution in [1.29, 1.82) is 0 Å². The molecule has 3 nitrogen and oxygen atoms in total. The molecule has 2 heterocycles. The zero-order valence-corrected chi connectivity index (χ0v) is 11.6. The van der Waals surface area contributed by atoms with Gasteiger partial charge in [-0.05, 0) is 37.1 Å². The molecule has 1 aromatic carbocycles. The normalized spacial score (nSPS) is 20.5. The first kappa shape index (κ1) is 12.7.